The molecule has 0 unspecified atom stereocenters. The number of nitrogens with zero attached hydrogens (tertiary/aromatic N) is 3. The lowest BCUT2D eigenvalue weighted by Gasteiger charge is -2.20. The van der Waals surface area contributed by atoms with Gasteiger partial charge >= 0.3 is 0 Å². The minimum atomic E-state index is 0.756. The van der Waals surface area contributed by atoms with E-state index in [0.29, 0.717) is 0 Å². The Morgan fingerprint density at radius 2 is 2.08 bits per heavy atom. The number of rotatable bonds is 7. The van der Waals surface area contributed by atoms with Crippen molar-refractivity contribution in [2.24, 2.45) is 4.99 Å². The number of likely N-dealkylation sites (N-methyl/N-ethyl adjacent to an activating group) is 1. The van der Waals surface area contributed by atoms with Gasteiger partial charge in [-0.3, -0.25) is 0 Å². The van der Waals surface area contributed by atoms with E-state index < -0.39 is 0 Å². The third kappa shape index (κ3) is 7.20. The van der Waals surface area contributed by atoms with Crippen LogP contribution in [0, 0.1) is 6.92 Å². The SMILES string of the molecule is CCNC(=NCc1ccc(C)s1)NCCCN1CCCN(C)CC1. The number of guanidine groups is 1. The van der Waals surface area contributed by atoms with E-state index in [1.54, 1.807) is 0 Å². The smallest absolute Gasteiger partial charge is 0.191 e. The van der Waals surface area contributed by atoms with Crippen LogP contribution in [0.3, 0.4) is 0 Å². The van der Waals surface area contributed by atoms with Crippen LogP contribution in [0.4, 0.5) is 0 Å². The summed E-state index contributed by atoms with van der Waals surface area (Å²) in [6.45, 7) is 12.9. The van der Waals surface area contributed by atoms with Crippen LogP contribution in [-0.4, -0.2) is 68.6 Å². The average Bonchev–Trinajstić information content (AvgIpc) is 2.87. The molecule has 0 saturated carbocycles. The zero-order valence-electron chi connectivity index (χ0n) is 15.5. The molecule has 2 N–H and O–H groups in total. The molecule has 2 heterocycles. The summed E-state index contributed by atoms with van der Waals surface area (Å²) in [7, 11) is 2.22. The zero-order chi connectivity index (χ0) is 17.2. The van der Waals surface area contributed by atoms with E-state index in [-0.39, 0.29) is 0 Å². The Bertz CT molecular complexity index is 499. The summed E-state index contributed by atoms with van der Waals surface area (Å²) in [6, 6.07) is 4.33. The summed E-state index contributed by atoms with van der Waals surface area (Å²) < 4.78 is 0. The molecule has 1 aromatic rings. The molecule has 24 heavy (non-hydrogen) atoms. The van der Waals surface area contributed by atoms with Gasteiger partial charge in [0.05, 0.1) is 6.54 Å². The highest BCUT2D eigenvalue weighted by atomic mass is 32.1. The van der Waals surface area contributed by atoms with Gasteiger partial charge in [0, 0.05) is 35.9 Å². The van der Waals surface area contributed by atoms with Crippen molar-refractivity contribution in [1.29, 1.82) is 0 Å². The summed E-state index contributed by atoms with van der Waals surface area (Å²) in [6.07, 6.45) is 2.44. The number of hydrogen-bond acceptors (Lipinski definition) is 4. The monoisotopic (exact) mass is 351 g/mol. The molecule has 1 aliphatic heterocycles. The Morgan fingerprint density at radius 3 is 2.83 bits per heavy atom. The Labute approximate surface area is 151 Å². The quantitative estimate of drug-likeness (QED) is 0.449. The van der Waals surface area contributed by atoms with Gasteiger partial charge in [0.2, 0.25) is 0 Å². The summed E-state index contributed by atoms with van der Waals surface area (Å²) in [5.41, 5.74) is 0. The second-order valence-electron chi connectivity index (χ2n) is 6.49. The lowest BCUT2D eigenvalue weighted by molar-refractivity contribution is 0.274. The predicted octanol–water partition coefficient (Wildman–Crippen LogP) is 2.14. The molecule has 136 valence electrons. The van der Waals surface area contributed by atoms with Gasteiger partial charge in [-0.05, 0) is 65.5 Å². The molecule has 1 fully saturated rings. The maximum atomic E-state index is 4.69. The van der Waals surface area contributed by atoms with Gasteiger partial charge in [-0.1, -0.05) is 0 Å². The van der Waals surface area contributed by atoms with Crippen LogP contribution in [-0.2, 0) is 6.54 Å². The number of aliphatic imine (C=N–C) groups is 1. The molecular formula is C18H33N5S. The van der Waals surface area contributed by atoms with Gasteiger partial charge in [-0.2, -0.15) is 0 Å². The number of nitrogens with one attached hydrogen (secondary N) is 2. The van der Waals surface area contributed by atoms with Gasteiger partial charge in [0.15, 0.2) is 5.96 Å². The molecule has 0 radical (unpaired) electrons. The molecule has 5 nitrogen and oxygen atoms in total. The molecule has 0 bridgehead atoms. The number of hydrogen-bond donors (Lipinski definition) is 2. The number of aryl methyl sites for hydroxylation is 1. The molecule has 0 aromatic carbocycles. The Kier molecular flexibility index (Phi) is 8.56. The van der Waals surface area contributed by atoms with E-state index in [4.69, 9.17) is 4.99 Å². The first-order chi connectivity index (χ1) is 11.7. The molecule has 1 aliphatic rings. The summed E-state index contributed by atoms with van der Waals surface area (Å²) >= 11 is 1.82. The summed E-state index contributed by atoms with van der Waals surface area (Å²) in [5.74, 6) is 0.930. The molecule has 0 atom stereocenters. The van der Waals surface area contributed by atoms with Crippen LogP contribution in [0.1, 0.15) is 29.5 Å². The van der Waals surface area contributed by atoms with Crippen molar-refractivity contribution in [2.45, 2.75) is 33.2 Å². The van der Waals surface area contributed by atoms with Crippen LogP contribution in [0.5, 0.6) is 0 Å². The van der Waals surface area contributed by atoms with Crippen molar-refractivity contribution in [2.75, 3.05) is 52.9 Å². The van der Waals surface area contributed by atoms with E-state index in [0.717, 1.165) is 32.0 Å². The lowest BCUT2D eigenvalue weighted by atomic mass is 10.3. The van der Waals surface area contributed by atoms with E-state index in [2.05, 4.69) is 53.5 Å². The fourth-order valence-electron chi connectivity index (χ4n) is 2.90. The number of thiophene rings is 1. The summed E-state index contributed by atoms with van der Waals surface area (Å²) in [5, 5.41) is 6.81. The van der Waals surface area contributed by atoms with Crippen molar-refractivity contribution in [3.05, 3.63) is 21.9 Å². The maximum Gasteiger partial charge on any atom is 0.191 e. The van der Waals surface area contributed by atoms with E-state index >= 15 is 0 Å². The summed E-state index contributed by atoms with van der Waals surface area (Å²) in [4.78, 5) is 12.4. The van der Waals surface area contributed by atoms with Gasteiger partial charge < -0.3 is 20.4 Å². The van der Waals surface area contributed by atoms with Gasteiger partial charge in [0.25, 0.3) is 0 Å². The zero-order valence-corrected chi connectivity index (χ0v) is 16.3. The maximum absolute atomic E-state index is 4.69. The van der Waals surface area contributed by atoms with Crippen molar-refractivity contribution in [3.8, 4) is 0 Å². The van der Waals surface area contributed by atoms with Crippen molar-refractivity contribution >= 4 is 17.3 Å². The first kappa shape index (κ1) is 19.2. The van der Waals surface area contributed by atoms with Crippen LogP contribution >= 0.6 is 11.3 Å². The van der Waals surface area contributed by atoms with Crippen molar-refractivity contribution in [1.82, 2.24) is 20.4 Å². The Hall–Kier alpha value is -1.11. The normalized spacial score (nSPS) is 17.7. The topological polar surface area (TPSA) is 42.9 Å². The Balaban J connectivity index is 1.69. The van der Waals surface area contributed by atoms with Crippen LogP contribution in [0.25, 0.3) is 0 Å². The highest BCUT2D eigenvalue weighted by molar-refractivity contribution is 7.11. The van der Waals surface area contributed by atoms with E-state index in [1.165, 1.54) is 48.9 Å². The molecule has 1 saturated heterocycles. The van der Waals surface area contributed by atoms with Gasteiger partial charge in [-0.15, -0.1) is 11.3 Å². The van der Waals surface area contributed by atoms with Crippen molar-refractivity contribution in [3.63, 3.8) is 0 Å². The average molecular weight is 352 g/mol. The standard InChI is InChI=1S/C18H33N5S/c1-4-19-18(21-15-17-8-7-16(2)24-17)20-9-5-11-23-12-6-10-22(3)13-14-23/h7-8H,4-6,9-15H2,1-3H3,(H2,19,20,21). The Morgan fingerprint density at radius 1 is 1.21 bits per heavy atom. The van der Waals surface area contributed by atoms with E-state index in [9.17, 15) is 0 Å². The fraction of sp³-hybridized carbons (Fsp3) is 0.722. The highest BCUT2D eigenvalue weighted by Gasteiger charge is 2.11. The fourth-order valence-corrected chi connectivity index (χ4v) is 3.72. The second kappa shape index (κ2) is 10.7. The molecule has 0 spiro atoms. The molecule has 0 amide bonds. The third-order valence-electron chi connectivity index (χ3n) is 4.29. The molecule has 1 aromatic heterocycles. The molecular weight excluding hydrogens is 318 g/mol. The first-order valence-electron chi connectivity index (χ1n) is 9.15. The minimum absolute atomic E-state index is 0.756. The molecule has 2 rings (SSSR count). The largest absolute Gasteiger partial charge is 0.357 e. The van der Waals surface area contributed by atoms with Crippen LogP contribution in [0.2, 0.25) is 0 Å². The molecule has 6 heteroatoms. The van der Waals surface area contributed by atoms with Gasteiger partial charge in [0.1, 0.15) is 0 Å². The highest BCUT2D eigenvalue weighted by Crippen LogP contribution is 2.15. The predicted molar refractivity (Wildman–Crippen MR) is 105 cm³/mol. The van der Waals surface area contributed by atoms with Crippen LogP contribution in [0.15, 0.2) is 17.1 Å². The molecule has 0 aliphatic carbocycles. The first-order valence-corrected chi connectivity index (χ1v) is 9.97. The third-order valence-corrected chi connectivity index (χ3v) is 5.27. The van der Waals surface area contributed by atoms with Crippen LogP contribution < -0.4 is 10.6 Å². The lowest BCUT2D eigenvalue weighted by Crippen LogP contribution is -2.39. The van der Waals surface area contributed by atoms with Crippen molar-refractivity contribution < 1.29 is 0 Å². The van der Waals surface area contributed by atoms with Gasteiger partial charge in [-0.25, -0.2) is 4.99 Å². The minimum Gasteiger partial charge on any atom is -0.357 e. The second-order valence-corrected chi connectivity index (χ2v) is 7.86. The van der Waals surface area contributed by atoms with E-state index in [1.807, 2.05) is 11.3 Å².